The summed E-state index contributed by atoms with van der Waals surface area (Å²) in [6.45, 7) is 0. The summed E-state index contributed by atoms with van der Waals surface area (Å²) in [5.74, 6) is 0. The Kier molecular flexibility index (Phi) is 2.68. The zero-order chi connectivity index (χ0) is 12.7. The summed E-state index contributed by atoms with van der Waals surface area (Å²) >= 11 is 3.28. The summed E-state index contributed by atoms with van der Waals surface area (Å²) in [4.78, 5) is 0. The molecule has 6 heteroatoms. The number of aliphatic hydroxyl groups is 1. The number of furan rings is 1. The van der Waals surface area contributed by atoms with Gasteiger partial charge in [0.15, 0.2) is 4.60 Å². The van der Waals surface area contributed by atoms with E-state index in [4.69, 9.17) is 4.42 Å². The van der Waals surface area contributed by atoms with Gasteiger partial charge >= 0.3 is 0 Å². The summed E-state index contributed by atoms with van der Waals surface area (Å²) in [6, 6.07) is 7.57. The molecule has 0 saturated heterocycles. The monoisotopic (exact) mass is 307 g/mol. The predicted octanol–water partition coefficient (Wildman–Crippen LogP) is 2.41. The van der Waals surface area contributed by atoms with Gasteiger partial charge in [0, 0.05) is 18.0 Å². The van der Waals surface area contributed by atoms with Gasteiger partial charge in [0.25, 0.3) is 0 Å². The highest BCUT2D eigenvalue weighted by atomic mass is 79.9. The standard InChI is InChI=1S/C12H10BrN3O2/c1-16-10(12(13)14-15-16)11(17)8-6-18-9-5-3-2-4-7(8)9/h2-6,11,17H,1H3. The SMILES string of the molecule is Cn1nnc(Br)c1C(O)c1coc2ccccc12. The fourth-order valence-electron chi connectivity index (χ4n) is 1.99. The van der Waals surface area contributed by atoms with Gasteiger partial charge in [-0.05, 0) is 22.0 Å². The molecule has 1 unspecified atom stereocenters. The lowest BCUT2D eigenvalue weighted by Crippen LogP contribution is -2.06. The van der Waals surface area contributed by atoms with Gasteiger partial charge in [-0.25, -0.2) is 4.68 Å². The number of rotatable bonds is 2. The molecule has 0 aliphatic carbocycles. The van der Waals surface area contributed by atoms with Crippen molar-refractivity contribution in [1.82, 2.24) is 15.0 Å². The summed E-state index contributed by atoms with van der Waals surface area (Å²) in [6.07, 6.45) is 0.734. The number of hydrogen-bond donors (Lipinski definition) is 1. The third-order valence-electron chi connectivity index (χ3n) is 2.89. The van der Waals surface area contributed by atoms with Crippen LogP contribution in [-0.4, -0.2) is 20.1 Å². The van der Waals surface area contributed by atoms with Crippen molar-refractivity contribution in [2.24, 2.45) is 7.05 Å². The predicted molar refractivity (Wildman–Crippen MR) is 69.0 cm³/mol. The van der Waals surface area contributed by atoms with Gasteiger partial charge < -0.3 is 9.52 Å². The summed E-state index contributed by atoms with van der Waals surface area (Å²) in [5.41, 5.74) is 2.05. The van der Waals surface area contributed by atoms with Crippen molar-refractivity contribution < 1.29 is 9.52 Å². The third kappa shape index (κ3) is 1.65. The van der Waals surface area contributed by atoms with Crippen LogP contribution in [0.1, 0.15) is 17.4 Å². The lowest BCUT2D eigenvalue weighted by molar-refractivity contribution is 0.209. The van der Waals surface area contributed by atoms with Crippen molar-refractivity contribution >= 4 is 26.9 Å². The van der Waals surface area contributed by atoms with Crippen LogP contribution in [0.4, 0.5) is 0 Å². The first-order valence-electron chi connectivity index (χ1n) is 5.37. The zero-order valence-corrected chi connectivity index (χ0v) is 11.1. The van der Waals surface area contributed by atoms with Crippen LogP contribution in [-0.2, 0) is 7.05 Å². The fourth-order valence-corrected chi connectivity index (χ4v) is 2.53. The highest BCUT2D eigenvalue weighted by Crippen LogP contribution is 2.32. The molecule has 0 aliphatic rings. The number of aromatic nitrogens is 3. The van der Waals surface area contributed by atoms with E-state index < -0.39 is 6.10 Å². The molecule has 3 rings (SSSR count). The maximum atomic E-state index is 10.4. The average Bonchev–Trinajstić information content (AvgIpc) is 2.93. The topological polar surface area (TPSA) is 64.1 Å². The third-order valence-corrected chi connectivity index (χ3v) is 3.46. The van der Waals surface area contributed by atoms with Gasteiger partial charge in [-0.15, -0.1) is 5.10 Å². The van der Waals surface area contributed by atoms with Crippen molar-refractivity contribution in [3.8, 4) is 0 Å². The number of nitrogens with zero attached hydrogens (tertiary/aromatic N) is 3. The number of halogens is 1. The smallest absolute Gasteiger partial charge is 0.154 e. The summed E-state index contributed by atoms with van der Waals surface area (Å²) in [5, 5.41) is 19.0. The minimum absolute atomic E-state index is 0.530. The van der Waals surface area contributed by atoms with E-state index in [1.54, 1.807) is 13.3 Å². The number of fused-ring (bicyclic) bond motifs is 1. The molecule has 0 fully saturated rings. The van der Waals surface area contributed by atoms with E-state index in [0.717, 1.165) is 11.0 Å². The Balaban J connectivity index is 2.15. The van der Waals surface area contributed by atoms with Gasteiger partial charge in [-0.1, -0.05) is 23.4 Å². The van der Waals surface area contributed by atoms with Crippen LogP contribution in [0.5, 0.6) is 0 Å². The number of aryl methyl sites for hydroxylation is 1. The largest absolute Gasteiger partial charge is 0.464 e. The summed E-state index contributed by atoms with van der Waals surface area (Å²) in [7, 11) is 1.73. The highest BCUT2D eigenvalue weighted by molar-refractivity contribution is 9.10. The molecule has 5 nitrogen and oxygen atoms in total. The quantitative estimate of drug-likeness (QED) is 0.789. The van der Waals surface area contributed by atoms with Gasteiger partial charge in [-0.3, -0.25) is 0 Å². The number of aliphatic hydroxyl groups excluding tert-OH is 1. The van der Waals surface area contributed by atoms with Crippen LogP contribution in [0.25, 0.3) is 11.0 Å². The molecule has 0 saturated carbocycles. The molecule has 0 bridgehead atoms. The molecule has 1 N–H and O–H groups in total. The first kappa shape index (κ1) is 11.4. The lowest BCUT2D eigenvalue weighted by Gasteiger charge is -2.09. The van der Waals surface area contributed by atoms with E-state index in [2.05, 4.69) is 26.2 Å². The fraction of sp³-hybridized carbons (Fsp3) is 0.167. The average molecular weight is 308 g/mol. The Bertz CT molecular complexity index is 685. The minimum Gasteiger partial charge on any atom is -0.464 e. The van der Waals surface area contributed by atoms with Gasteiger partial charge in [0.05, 0.1) is 6.26 Å². The van der Waals surface area contributed by atoms with E-state index in [-0.39, 0.29) is 0 Å². The van der Waals surface area contributed by atoms with E-state index in [9.17, 15) is 5.11 Å². The summed E-state index contributed by atoms with van der Waals surface area (Å²) < 4.78 is 7.49. The van der Waals surface area contributed by atoms with E-state index >= 15 is 0 Å². The molecule has 92 valence electrons. The zero-order valence-electron chi connectivity index (χ0n) is 9.54. The van der Waals surface area contributed by atoms with Crippen LogP contribution >= 0.6 is 15.9 Å². The lowest BCUT2D eigenvalue weighted by atomic mass is 10.1. The van der Waals surface area contributed by atoms with Crippen molar-refractivity contribution in [2.75, 3.05) is 0 Å². The Morgan fingerprint density at radius 3 is 2.89 bits per heavy atom. The van der Waals surface area contributed by atoms with Crippen LogP contribution < -0.4 is 0 Å². The van der Waals surface area contributed by atoms with E-state index in [0.29, 0.717) is 15.9 Å². The Hall–Kier alpha value is -1.66. The maximum absolute atomic E-state index is 10.4. The highest BCUT2D eigenvalue weighted by Gasteiger charge is 2.22. The molecule has 0 aliphatic heterocycles. The van der Waals surface area contributed by atoms with Crippen molar-refractivity contribution in [3.63, 3.8) is 0 Å². The molecule has 2 heterocycles. The molecule has 1 aromatic carbocycles. The van der Waals surface area contributed by atoms with Crippen LogP contribution in [0, 0.1) is 0 Å². The second-order valence-electron chi connectivity index (χ2n) is 3.98. The van der Waals surface area contributed by atoms with Gasteiger partial charge in [-0.2, -0.15) is 0 Å². The molecule has 0 spiro atoms. The molecular formula is C12H10BrN3O2. The number of para-hydroxylation sites is 1. The molecule has 0 radical (unpaired) electrons. The second kappa shape index (κ2) is 4.22. The molecule has 1 atom stereocenters. The normalized spacial score (nSPS) is 13.1. The maximum Gasteiger partial charge on any atom is 0.154 e. The number of benzene rings is 1. The minimum atomic E-state index is -0.831. The first-order valence-corrected chi connectivity index (χ1v) is 6.17. The van der Waals surface area contributed by atoms with E-state index in [1.807, 2.05) is 24.3 Å². The molecular weight excluding hydrogens is 298 g/mol. The Labute approximate surface area is 111 Å². The Morgan fingerprint density at radius 1 is 1.39 bits per heavy atom. The van der Waals surface area contributed by atoms with E-state index in [1.165, 1.54) is 4.68 Å². The van der Waals surface area contributed by atoms with Crippen LogP contribution in [0.15, 0.2) is 39.5 Å². The van der Waals surface area contributed by atoms with Crippen LogP contribution in [0.3, 0.4) is 0 Å². The van der Waals surface area contributed by atoms with Gasteiger partial charge in [0.1, 0.15) is 17.4 Å². The molecule has 18 heavy (non-hydrogen) atoms. The number of hydrogen-bond acceptors (Lipinski definition) is 4. The molecule has 2 aromatic heterocycles. The van der Waals surface area contributed by atoms with Crippen molar-refractivity contribution in [3.05, 3.63) is 46.4 Å². The first-order chi connectivity index (χ1) is 8.68. The van der Waals surface area contributed by atoms with Crippen LogP contribution in [0.2, 0.25) is 0 Å². The second-order valence-corrected chi connectivity index (χ2v) is 4.73. The molecule has 3 aromatic rings. The van der Waals surface area contributed by atoms with Crippen molar-refractivity contribution in [1.29, 1.82) is 0 Å². The Morgan fingerprint density at radius 2 is 2.17 bits per heavy atom. The van der Waals surface area contributed by atoms with Gasteiger partial charge in [0.2, 0.25) is 0 Å². The molecule has 0 amide bonds. The van der Waals surface area contributed by atoms with Crippen molar-refractivity contribution in [2.45, 2.75) is 6.10 Å².